The van der Waals surface area contributed by atoms with Crippen molar-refractivity contribution >= 4 is 23.7 Å². The Morgan fingerprint density at radius 3 is 2.31 bits per heavy atom. The van der Waals surface area contributed by atoms with Gasteiger partial charge in [0.25, 0.3) is 5.91 Å². The number of alkyl carbamates (subject to hydrolysis) is 1. The Morgan fingerprint density at radius 1 is 1.10 bits per heavy atom. The number of anilines is 1. The summed E-state index contributed by atoms with van der Waals surface area (Å²) in [6.07, 6.45) is 0.857. The Hall–Kier alpha value is -2.77. The van der Waals surface area contributed by atoms with Crippen molar-refractivity contribution in [3.05, 3.63) is 29.8 Å². The van der Waals surface area contributed by atoms with E-state index >= 15 is 0 Å². The van der Waals surface area contributed by atoms with Crippen LogP contribution in [0.2, 0.25) is 0 Å². The molecule has 4 amide bonds. The fourth-order valence-corrected chi connectivity index (χ4v) is 3.07. The molecule has 160 valence electrons. The maximum absolute atomic E-state index is 13.0. The van der Waals surface area contributed by atoms with Crippen LogP contribution in [0.15, 0.2) is 24.3 Å². The lowest BCUT2D eigenvalue weighted by Crippen LogP contribution is -2.47. The second-order valence-corrected chi connectivity index (χ2v) is 8.51. The Kier molecular flexibility index (Phi) is 7.47. The predicted octanol–water partition coefficient (Wildman–Crippen LogP) is 3.35. The van der Waals surface area contributed by atoms with Crippen molar-refractivity contribution in [3.63, 3.8) is 0 Å². The molecule has 1 aliphatic rings. The average Bonchev–Trinajstić information content (AvgIpc) is 2.60. The molecule has 3 N–H and O–H groups in total. The fraction of sp³-hybridized carbons (Fsp3) is 0.571. The molecule has 29 heavy (non-hydrogen) atoms. The van der Waals surface area contributed by atoms with Crippen molar-refractivity contribution in [3.8, 4) is 0 Å². The Bertz CT molecular complexity index is 734. The molecular formula is C21H32N4O4. The number of para-hydroxylation sites is 1. The van der Waals surface area contributed by atoms with E-state index in [-0.39, 0.29) is 24.0 Å². The van der Waals surface area contributed by atoms with Crippen molar-refractivity contribution in [2.24, 2.45) is 0 Å². The van der Waals surface area contributed by atoms with E-state index in [1.807, 2.05) is 34.6 Å². The molecule has 8 nitrogen and oxygen atoms in total. The second-order valence-electron chi connectivity index (χ2n) is 8.51. The number of rotatable bonds is 4. The van der Waals surface area contributed by atoms with Crippen molar-refractivity contribution < 1.29 is 19.1 Å². The highest BCUT2D eigenvalue weighted by atomic mass is 16.6. The van der Waals surface area contributed by atoms with E-state index in [4.69, 9.17) is 4.74 Å². The molecule has 0 saturated carbocycles. The SMILES string of the molecule is CC(C)NC(=O)Nc1ccccc1C(=O)N1CCC(NC(=O)OC(C)(C)C)CC1. The normalized spacial score (nSPS) is 15.0. The van der Waals surface area contributed by atoms with Gasteiger partial charge in [-0.15, -0.1) is 0 Å². The van der Waals surface area contributed by atoms with Crippen molar-refractivity contribution in [1.29, 1.82) is 0 Å². The first-order chi connectivity index (χ1) is 13.5. The van der Waals surface area contributed by atoms with Gasteiger partial charge in [0.2, 0.25) is 0 Å². The van der Waals surface area contributed by atoms with Crippen LogP contribution in [0.1, 0.15) is 57.8 Å². The van der Waals surface area contributed by atoms with Gasteiger partial charge in [-0.05, 0) is 59.6 Å². The van der Waals surface area contributed by atoms with Gasteiger partial charge in [-0.25, -0.2) is 9.59 Å². The quantitative estimate of drug-likeness (QED) is 0.716. The molecule has 1 heterocycles. The molecule has 1 fully saturated rings. The zero-order valence-electron chi connectivity index (χ0n) is 17.9. The predicted molar refractivity (Wildman–Crippen MR) is 112 cm³/mol. The van der Waals surface area contributed by atoms with E-state index in [2.05, 4.69) is 16.0 Å². The van der Waals surface area contributed by atoms with Crippen LogP contribution >= 0.6 is 0 Å². The number of piperidine rings is 1. The Balaban J connectivity index is 1.94. The summed E-state index contributed by atoms with van der Waals surface area (Å²) in [5.41, 5.74) is 0.383. The first-order valence-corrected chi connectivity index (χ1v) is 10.0. The molecule has 8 heteroatoms. The zero-order valence-corrected chi connectivity index (χ0v) is 17.9. The topological polar surface area (TPSA) is 99.8 Å². The molecule has 0 aromatic heterocycles. The summed E-state index contributed by atoms with van der Waals surface area (Å²) in [5.74, 6) is -0.138. The highest BCUT2D eigenvalue weighted by Crippen LogP contribution is 2.20. The standard InChI is InChI=1S/C21H32N4O4/c1-14(2)22-19(27)24-17-9-7-6-8-16(17)18(26)25-12-10-15(11-13-25)23-20(28)29-21(3,4)5/h6-9,14-15H,10-13H2,1-5H3,(H,23,28)(H2,22,24,27). The van der Waals surface area contributed by atoms with Crippen LogP contribution in [-0.2, 0) is 4.74 Å². The van der Waals surface area contributed by atoms with Crippen LogP contribution in [0.25, 0.3) is 0 Å². The molecule has 1 aromatic rings. The maximum Gasteiger partial charge on any atom is 0.407 e. The van der Waals surface area contributed by atoms with Crippen molar-refractivity contribution in [2.45, 2.75) is 65.1 Å². The number of benzene rings is 1. The monoisotopic (exact) mass is 404 g/mol. The lowest BCUT2D eigenvalue weighted by molar-refractivity contribution is 0.0473. The number of amides is 4. The van der Waals surface area contributed by atoms with Crippen molar-refractivity contribution in [2.75, 3.05) is 18.4 Å². The minimum absolute atomic E-state index is 0.00522. The van der Waals surface area contributed by atoms with Gasteiger partial charge in [0.1, 0.15) is 5.60 Å². The van der Waals surface area contributed by atoms with E-state index in [1.165, 1.54) is 0 Å². The molecule has 1 aromatic carbocycles. The number of nitrogens with one attached hydrogen (secondary N) is 3. The van der Waals surface area contributed by atoms with E-state index in [0.29, 0.717) is 37.2 Å². The van der Waals surface area contributed by atoms with Gasteiger partial charge < -0.3 is 25.6 Å². The average molecular weight is 405 g/mol. The molecule has 1 aliphatic heterocycles. The van der Waals surface area contributed by atoms with Gasteiger partial charge in [0.05, 0.1) is 11.3 Å². The number of hydrogen-bond acceptors (Lipinski definition) is 4. The molecule has 0 atom stereocenters. The van der Waals surface area contributed by atoms with Gasteiger partial charge in [-0.1, -0.05) is 12.1 Å². The number of ether oxygens (including phenoxy) is 1. The first-order valence-electron chi connectivity index (χ1n) is 10.0. The summed E-state index contributed by atoms with van der Waals surface area (Å²) in [7, 11) is 0. The molecule has 0 radical (unpaired) electrons. The lowest BCUT2D eigenvalue weighted by atomic mass is 10.0. The van der Waals surface area contributed by atoms with Gasteiger partial charge in [-0.3, -0.25) is 4.79 Å². The summed E-state index contributed by atoms with van der Waals surface area (Å²) in [6.45, 7) is 10.2. The smallest absolute Gasteiger partial charge is 0.407 e. The summed E-state index contributed by atoms with van der Waals surface area (Å²) in [6, 6.07) is 6.59. The third kappa shape index (κ3) is 7.29. The third-order valence-corrected chi connectivity index (χ3v) is 4.33. The number of hydrogen-bond donors (Lipinski definition) is 3. The van der Waals surface area contributed by atoms with Crippen LogP contribution in [-0.4, -0.2) is 53.7 Å². The van der Waals surface area contributed by atoms with E-state index in [0.717, 1.165) is 0 Å². The molecule has 0 spiro atoms. The summed E-state index contributed by atoms with van der Waals surface area (Å²) in [4.78, 5) is 38.7. The lowest BCUT2D eigenvalue weighted by Gasteiger charge is -2.33. The summed E-state index contributed by atoms with van der Waals surface area (Å²) < 4.78 is 5.29. The number of carbonyl (C=O) groups is 3. The largest absolute Gasteiger partial charge is 0.444 e. The highest BCUT2D eigenvalue weighted by Gasteiger charge is 2.27. The van der Waals surface area contributed by atoms with Crippen LogP contribution in [0, 0.1) is 0 Å². The minimum atomic E-state index is -0.542. The highest BCUT2D eigenvalue weighted by molar-refractivity contribution is 6.03. The first kappa shape index (κ1) is 22.5. The second kappa shape index (κ2) is 9.62. The summed E-state index contributed by atoms with van der Waals surface area (Å²) >= 11 is 0. The van der Waals surface area contributed by atoms with E-state index in [9.17, 15) is 14.4 Å². The molecule has 0 aliphatic carbocycles. The molecule has 0 unspecified atom stereocenters. The van der Waals surface area contributed by atoms with E-state index in [1.54, 1.807) is 29.2 Å². The molecule has 2 rings (SSSR count). The van der Waals surface area contributed by atoms with Gasteiger partial charge in [-0.2, -0.15) is 0 Å². The number of nitrogens with zero attached hydrogens (tertiary/aromatic N) is 1. The van der Waals surface area contributed by atoms with Gasteiger partial charge in [0, 0.05) is 25.2 Å². The molecular weight excluding hydrogens is 372 g/mol. The summed E-state index contributed by atoms with van der Waals surface area (Å²) in [5, 5.41) is 8.36. The number of carbonyl (C=O) groups excluding carboxylic acids is 3. The van der Waals surface area contributed by atoms with Crippen LogP contribution < -0.4 is 16.0 Å². The van der Waals surface area contributed by atoms with Crippen LogP contribution in [0.4, 0.5) is 15.3 Å². The fourth-order valence-electron chi connectivity index (χ4n) is 3.07. The van der Waals surface area contributed by atoms with Crippen LogP contribution in [0.5, 0.6) is 0 Å². The zero-order chi connectivity index (χ0) is 21.6. The maximum atomic E-state index is 13.0. The third-order valence-electron chi connectivity index (χ3n) is 4.33. The molecule has 1 saturated heterocycles. The van der Waals surface area contributed by atoms with E-state index < -0.39 is 11.7 Å². The van der Waals surface area contributed by atoms with Crippen molar-refractivity contribution in [1.82, 2.24) is 15.5 Å². The van der Waals surface area contributed by atoms with Crippen LogP contribution in [0.3, 0.4) is 0 Å². The van der Waals surface area contributed by atoms with Gasteiger partial charge in [0.15, 0.2) is 0 Å². The Labute approximate surface area is 172 Å². The number of likely N-dealkylation sites (tertiary alicyclic amines) is 1. The number of urea groups is 1. The van der Waals surface area contributed by atoms with Gasteiger partial charge >= 0.3 is 12.1 Å². The minimum Gasteiger partial charge on any atom is -0.444 e. The molecule has 0 bridgehead atoms. The Morgan fingerprint density at radius 2 is 1.72 bits per heavy atom.